The lowest BCUT2D eigenvalue weighted by molar-refractivity contribution is 0.0524. The van der Waals surface area contributed by atoms with Gasteiger partial charge in [-0.2, -0.15) is 0 Å². The predicted octanol–water partition coefficient (Wildman–Crippen LogP) is 4.22. The van der Waals surface area contributed by atoms with E-state index in [0.717, 1.165) is 11.3 Å². The van der Waals surface area contributed by atoms with E-state index in [4.69, 9.17) is 18.9 Å². The van der Waals surface area contributed by atoms with Crippen molar-refractivity contribution in [2.75, 3.05) is 20.8 Å². The molecule has 0 aliphatic heterocycles. The van der Waals surface area contributed by atoms with Crippen molar-refractivity contribution < 1.29 is 23.7 Å². The number of carbonyl (C=O) groups excluding carboxylic acids is 1. The quantitative estimate of drug-likeness (QED) is 0.657. The first-order valence-corrected chi connectivity index (χ1v) is 8.18. The molecule has 0 heterocycles. The predicted molar refractivity (Wildman–Crippen MR) is 94.0 cm³/mol. The van der Waals surface area contributed by atoms with E-state index in [2.05, 4.69) is 15.9 Å². The van der Waals surface area contributed by atoms with Crippen molar-refractivity contribution in [3.05, 3.63) is 52.0 Å². The van der Waals surface area contributed by atoms with Crippen LogP contribution in [-0.4, -0.2) is 26.8 Å². The van der Waals surface area contributed by atoms with Crippen LogP contribution in [0.15, 0.2) is 40.9 Å². The van der Waals surface area contributed by atoms with E-state index in [1.54, 1.807) is 33.3 Å². The van der Waals surface area contributed by atoms with Crippen LogP contribution in [0.3, 0.4) is 0 Å². The fraction of sp³-hybridized carbons (Fsp3) is 0.278. The molecule has 128 valence electrons. The van der Waals surface area contributed by atoms with Gasteiger partial charge in [-0.1, -0.05) is 12.1 Å². The number of esters is 1. The van der Waals surface area contributed by atoms with Crippen molar-refractivity contribution in [3.8, 4) is 17.2 Å². The van der Waals surface area contributed by atoms with Crippen LogP contribution in [0.1, 0.15) is 22.8 Å². The molecule has 2 rings (SSSR count). The highest BCUT2D eigenvalue weighted by atomic mass is 79.9. The summed E-state index contributed by atoms with van der Waals surface area (Å²) in [4.78, 5) is 12.0. The first-order chi connectivity index (χ1) is 11.6. The van der Waals surface area contributed by atoms with E-state index in [9.17, 15) is 4.79 Å². The fourth-order valence-electron chi connectivity index (χ4n) is 2.06. The lowest BCUT2D eigenvalue weighted by Crippen LogP contribution is -2.07. The smallest absolute Gasteiger partial charge is 0.339 e. The number of halogens is 1. The molecule has 0 bridgehead atoms. The fourth-order valence-corrected chi connectivity index (χ4v) is 2.54. The minimum absolute atomic E-state index is 0.305. The molecule has 0 aliphatic carbocycles. The number of methoxy groups -OCH3 is 2. The Morgan fingerprint density at radius 2 is 1.75 bits per heavy atom. The van der Waals surface area contributed by atoms with Gasteiger partial charge in [0.05, 0.1) is 26.4 Å². The molecule has 2 aromatic carbocycles. The number of hydrogen-bond acceptors (Lipinski definition) is 5. The summed E-state index contributed by atoms with van der Waals surface area (Å²) in [5.41, 5.74) is 1.36. The van der Waals surface area contributed by atoms with Crippen molar-refractivity contribution in [2.24, 2.45) is 0 Å². The zero-order valence-electron chi connectivity index (χ0n) is 13.8. The molecule has 0 aromatic heterocycles. The normalized spacial score (nSPS) is 10.2. The van der Waals surface area contributed by atoms with Gasteiger partial charge in [0.1, 0.15) is 12.4 Å². The van der Waals surface area contributed by atoms with Gasteiger partial charge in [-0.3, -0.25) is 0 Å². The number of benzene rings is 2. The van der Waals surface area contributed by atoms with Gasteiger partial charge in [-0.25, -0.2) is 4.79 Å². The molecule has 0 radical (unpaired) electrons. The number of ether oxygens (including phenoxy) is 4. The Morgan fingerprint density at radius 1 is 1.04 bits per heavy atom. The maximum absolute atomic E-state index is 12.0. The summed E-state index contributed by atoms with van der Waals surface area (Å²) in [6, 6.07) is 10.9. The second kappa shape index (κ2) is 8.59. The molecular formula is C18H19BrO5. The SMILES string of the molecule is CCOC(=O)c1cc(OCc2ccc(OC)cc2)c(OC)cc1Br. The maximum Gasteiger partial charge on any atom is 0.339 e. The highest BCUT2D eigenvalue weighted by molar-refractivity contribution is 9.10. The van der Waals surface area contributed by atoms with E-state index in [1.807, 2.05) is 24.3 Å². The lowest BCUT2D eigenvalue weighted by atomic mass is 10.2. The second-order valence-corrected chi connectivity index (χ2v) is 5.69. The largest absolute Gasteiger partial charge is 0.497 e. The van der Waals surface area contributed by atoms with Crippen molar-refractivity contribution in [1.82, 2.24) is 0 Å². The zero-order valence-corrected chi connectivity index (χ0v) is 15.4. The van der Waals surface area contributed by atoms with Gasteiger partial charge in [-0.05, 0) is 52.7 Å². The third kappa shape index (κ3) is 4.41. The Morgan fingerprint density at radius 3 is 2.33 bits per heavy atom. The maximum atomic E-state index is 12.0. The molecular weight excluding hydrogens is 376 g/mol. The second-order valence-electron chi connectivity index (χ2n) is 4.84. The molecule has 6 heteroatoms. The van der Waals surface area contributed by atoms with Crippen LogP contribution in [0.5, 0.6) is 17.2 Å². The van der Waals surface area contributed by atoms with Crippen LogP contribution in [0.25, 0.3) is 0 Å². The van der Waals surface area contributed by atoms with E-state index in [-0.39, 0.29) is 0 Å². The molecule has 5 nitrogen and oxygen atoms in total. The van der Waals surface area contributed by atoms with Crippen molar-refractivity contribution in [2.45, 2.75) is 13.5 Å². The summed E-state index contributed by atoms with van der Waals surface area (Å²) in [6.07, 6.45) is 0. The van der Waals surface area contributed by atoms with Crippen molar-refractivity contribution in [3.63, 3.8) is 0 Å². The number of rotatable bonds is 7. The Labute approximate surface area is 149 Å². The summed E-state index contributed by atoms with van der Waals surface area (Å²) in [5, 5.41) is 0. The Balaban J connectivity index is 2.20. The van der Waals surface area contributed by atoms with Crippen LogP contribution in [-0.2, 0) is 11.3 Å². The average Bonchev–Trinajstić information content (AvgIpc) is 2.60. The highest BCUT2D eigenvalue weighted by Gasteiger charge is 2.17. The molecule has 0 unspecified atom stereocenters. The number of carbonyl (C=O) groups is 1. The van der Waals surface area contributed by atoms with E-state index in [1.165, 1.54) is 0 Å². The summed E-state index contributed by atoms with van der Waals surface area (Å²) < 4.78 is 21.9. The summed E-state index contributed by atoms with van der Waals surface area (Å²) >= 11 is 3.35. The van der Waals surface area contributed by atoms with Gasteiger partial charge in [0.25, 0.3) is 0 Å². The molecule has 0 atom stereocenters. The first kappa shape index (κ1) is 18.1. The van der Waals surface area contributed by atoms with E-state index < -0.39 is 5.97 Å². The van der Waals surface area contributed by atoms with Crippen molar-refractivity contribution >= 4 is 21.9 Å². The molecule has 24 heavy (non-hydrogen) atoms. The highest BCUT2D eigenvalue weighted by Crippen LogP contribution is 2.34. The molecule has 0 aliphatic rings. The topological polar surface area (TPSA) is 54.0 Å². The molecule has 0 saturated heterocycles. The van der Waals surface area contributed by atoms with Gasteiger partial charge in [0.2, 0.25) is 0 Å². The Hall–Kier alpha value is -2.21. The van der Waals surface area contributed by atoms with Gasteiger partial charge < -0.3 is 18.9 Å². The van der Waals surface area contributed by atoms with Crippen LogP contribution in [0.2, 0.25) is 0 Å². The monoisotopic (exact) mass is 394 g/mol. The van der Waals surface area contributed by atoms with Gasteiger partial charge >= 0.3 is 5.97 Å². The average molecular weight is 395 g/mol. The van der Waals surface area contributed by atoms with E-state index >= 15 is 0 Å². The van der Waals surface area contributed by atoms with E-state index in [0.29, 0.717) is 34.7 Å². The third-order valence-corrected chi connectivity index (χ3v) is 3.96. The van der Waals surface area contributed by atoms with Gasteiger partial charge in [0, 0.05) is 4.47 Å². The minimum Gasteiger partial charge on any atom is -0.497 e. The van der Waals surface area contributed by atoms with Crippen LogP contribution in [0, 0.1) is 0 Å². The van der Waals surface area contributed by atoms with Gasteiger partial charge in [-0.15, -0.1) is 0 Å². The van der Waals surface area contributed by atoms with Crippen LogP contribution in [0.4, 0.5) is 0 Å². The van der Waals surface area contributed by atoms with Gasteiger partial charge in [0.15, 0.2) is 11.5 Å². The Kier molecular flexibility index (Phi) is 6.49. The molecule has 0 spiro atoms. The molecule has 0 amide bonds. The summed E-state index contributed by atoms with van der Waals surface area (Å²) in [5.74, 6) is 1.37. The first-order valence-electron chi connectivity index (χ1n) is 7.39. The van der Waals surface area contributed by atoms with Crippen molar-refractivity contribution in [1.29, 1.82) is 0 Å². The number of hydrogen-bond donors (Lipinski definition) is 0. The molecule has 0 N–H and O–H groups in total. The minimum atomic E-state index is -0.415. The Bertz CT molecular complexity index is 697. The van der Waals surface area contributed by atoms with Crippen LogP contribution < -0.4 is 14.2 Å². The molecule has 0 saturated carbocycles. The lowest BCUT2D eigenvalue weighted by Gasteiger charge is -2.14. The summed E-state index contributed by atoms with van der Waals surface area (Å²) in [6.45, 7) is 2.40. The molecule has 2 aromatic rings. The zero-order chi connectivity index (χ0) is 17.5. The summed E-state index contributed by atoms with van der Waals surface area (Å²) in [7, 11) is 3.17. The third-order valence-electron chi connectivity index (χ3n) is 3.30. The van der Waals surface area contributed by atoms with Crippen LogP contribution >= 0.6 is 15.9 Å². The molecule has 0 fully saturated rings. The standard InChI is InChI=1S/C18H19BrO5/c1-4-23-18(20)14-9-17(16(22-3)10-15(14)19)24-11-12-5-7-13(21-2)8-6-12/h5-10H,4,11H2,1-3H3.